The van der Waals surface area contributed by atoms with E-state index in [4.69, 9.17) is 4.98 Å². The van der Waals surface area contributed by atoms with Crippen LogP contribution in [0.5, 0.6) is 0 Å². The maximum absolute atomic E-state index is 10.1. The van der Waals surface area contributed by atoms with E-state index in [2.05, 4.69) is 18.2 Å². The third kappa shape index (κ3) is 2.08. The van der Waals surface area contributed by atoms with Crippen LogP contribution in [0, 0.1) is 34.0 Å². The van der Waals surface area contributed by atoms with E-state index in [9.17, 15) is 15.8 Å². The first kappa shape index (κ1) is 17.0. The Kier molecular flexibility index (Phi) is 3.31. The van der Waals surface area contributed by atoms with Crippen molar-refractivity contribution < 1.29 is 0 Å². The van der Waals surface area contributed by atoms with Gasteiger partial charge in [-0.25, -0.2) is 4.98 Å². The number of para-hydroxylation sites is 2. The summed E-state index contributed by atoms with van der Waals surface area (Å²) in [6, 6.07) is 27.9. The second-order valence-corrected chi connectivity index (χ2v) is 7.37. The molecule has 0 unspecified atom stereocenters. The molecule has 0 spiro atoms. The zero-order chi connectivity index (χ0) is 21.1. The molecule has 5 nitrogen and oxygen atoms in total. The molecular formula is C26H11N5. The number of pyridine rings is 1. The van der Waals surface area contributed by atoms with Gasteiger partial charge in [0.1, 0.15) is 23.9 Å². The monoisotopic (exact) mass is 393 g/mol. The molecule has 2 aromatic heterocycles. The molecule has 0 atom stereocenters. The molecule has 6 rings (SSSR count). The van der Waals surface area contributed by atoms with Crippen molar-refractivity contribution in [2.75, 3.05) is 0 Å². The number of fused-ring (bicyclic) bond motifs is 10. The molecule has 2 heterocycles. The summed E-state index contributed by atoms with van der Waals surface area (Å²) in [5.41, 5.74) is 3.67. The highest BCUT2D eigenvalue weighted by Gasteiger charge is 2.21. The van der Waals surface area contributed by atoms with E-state index < -0.39 is 0 Å². The Labute approximate surface area is 176 Å². The van der Waals surface area contributed by atoms with Gasteiger partial charge in [-0.1, -0.05) is 42.5 Å². The van der Waals surface area contributed by atoms with Gasteiger partial charge in [-0.15, -0.1) is 0 Å². The molecule has 0 aliphatic rings. The number of benzene rings is 4. The number of nitriles is 3. The summed E-state index contributed by atoms with van der Waals surface area (Å²) >= 11 is 0. The van der Waals surface area contributed by atoms with Crippen LogP contribution in [-0.4, -0.2) is 9.38 Å². The molecule has 31 heavy (non-hydrogen) atoms. The molecule has 0 bridgehead atoms. The minimum Gasteiger partial charge on any atom is -0.292 e. The van der Waals surface area contributed by atoms with Gasteiger partial charge in [-0.2, -0.15) is 15.8 Å². The van der Waals surface area contributed by atoms with Gasteiger partial charge >= 0.3 is 0 Å². The van der Waals surface area contributed by atoms with Gasteiger partial charge in [0.25, 0.3) is 0 Å². The molecule has 140 valence electrons. The van der Waals surface area contributed by atoms with Crippen molar-refractivity contribution in [2.24, 2.45) is 0 Å². The first-order chi connectivity index (χ1) is 15.3. The van der Waals surface area contributed by atoms with Crippen molar-refractivity contribution in [1.82, 2.24) is 9.38 Å². The summed E-state index contributed by atoms with van der Waals surface area (Å²) < 4.78 is 1.99. The first-order valence-electron chi connectivity index (χ1n) is 9.68. The van der Waals surface area contributed by atoms with Gasteiger partial charge in [0.15, 0.2) is 0 Å². The quantitative estimate of drug-likeness (QED) is 0.316. The Morgan fingerprint density at radius 1 is 0.677 bits per heavy atom. The van der Waals surface area contributed by atoms with Gasteiger partial charge < -0.3 is 0 Å². The summed E-state index contributed by atoms with van der Waals surface area (Å²) in [6.45, 7) is 0. The van der Waals surface area contributed by atoms with Crippen LogP contribution in [-0.2, 0) is 0 Å². The van der Waals surface area contributed by atoms with E-state index >= 15 is 0 Å². The lowest BCUT2D eigenvalue weighted by molar-refractivity contribution is 1.30. The van der Waals surface area contributed by atoms with Crippen LogP contribution in [0.25, 0.3) is 49.1 Å². The van der Waals surface area contributed by atoms with E-state index in [1.807, 2.05) is 65.1 Å². The number of hydrogen-bond acceptors (Lipinski definition) is 4. The van der Waals surface area contributed by atoms with E-state index in [1.54, 1.807) is 6.07 Å². The van der Waals surface area contributed by atoms with Crippen LogP contribution >= 0.6 is 0 Å². The number of aromatic nitrogens is 2. The second kappa shape index (κ2) is 6.04. The second-order valence-electron chi connectivity index (χ2n) is 7.37. The zero-order valence-corrected chi connectivity index (χ0v) is 16.1. The largest absolute Gasteiger partial charge is 0.292 e. The molecular weight excluding hydrogens is 382 g/mol. The summed E-state index contributed by atoms with van der Waals surface area (Å²) in [7, 11) is 0. The summed E-state index contributed by atoms with van der Waals surface area (Å²) in [5.74, 6) is 0. The molecule has 4 aromatic carbocycles. The average molecular weight is 393 g/mol. The molecule has 0 amide bonds. The van der Waals surface area contributed by atoms with Crippen LogP contribution in [0.1, 0.15) is 16.7 Å². The van der Waals surface area contributed by atoms with Crippen molar-refractivity contribution in [2.45, 2.75) is 0 Å². The Morgan fingerprint density at radius 2 is 1.45 bits per heavy atom. The average Bonchev–Trinajstić information content (AvgIpc) is 3.22. The van der Waals surface area contributed by atoms with E-state index in [0.29, 0.717) is 10.9 Å². The Hall–Kier alpha value is -4.92. The smallest absolute Gasteiger partial charge is 0.146 e. The molecule has 0 aliphatic carbocycles. The van der Waals surface area contributed by atoms with E-state index in [0.717, 1.165) is 38.2 Å². The van der Waals surface area contributed by atoms with Gasteiger partial charge in [0.05, 0.1) is 33.2 Å². The molecule has 5 heteroatoms. The minimum atomic E-state index is 0.107. The predicted octanol–water partition coefficient (Wildman–Crippen LogP) is 5.56. The third-order valence-electron chi connectivity index (χ3n) is 5.87. The highest BCUT2D eigenvalue weighted by molar-refractivity contribution is 6.25. The van der Waals surface area contributed by atoms with E-state index in [-0.39, 0.29) is 16.7 Å². The van der Waals surface area contributed by atoms with Gasteiger partial charge in [-0.3, -0.25) is 4.40 Å². The topological polar surface area (TPSA) is 88.7 Å². The first-order valence-corrected chi connectivity index (χ1v) is 9.68. The standard InChI is InChI=1S/C26H11N5/c27-12-16-11-23-25(20(14-29)19(16)13-28)24-17-6-2-1-5-15(17)9-10-18(24)26-30-21-7-3-4-8-22(21)31(23)26/h1-11H. The molecule has 0 aliphatic heterocycles. The third-order valence-corrected chi connectivity index (χ3v) is 5.87. The molecule has 0 fully saturated rings. The van der Waals surface area contributed by atoms with Crippen molar-refractivity contribution in [1.29, 1.82) is 15.8 Å². The molecule has 0 N–H and O–H groups in total. The van der Waals surface area contributed by atoms with Gasteiger partial charge in [0.2, 0.25) is 0 Å². The maximum Gasteiger partial charge on any atom is 0.146 e. The SMILES string of the molecule is N#Cc1cc2c(c(C#N)c1C#N)c1c3ccccc3ccc1c1nc3ccccc3n21. The van der Waals surface area contributed by atoms with E-state index in [1.165, 1.54) is 0 Å². The summed E-state index contributed by atoms with van der Waals surface area (Å²) in [6.07, 6.45) is 0. The summed E-state index contributed by atoms with van der Waals surface area (Å²) in [4.78, 5) is 4.89. The van der Waals surface area contributed by atoms with Gasteiger partial charge in [-0.05, 0) is 35.0 Å². The lowest BCUT2D eigenvalue weighted by Gasteiger charge is -2.14. The van der Waals surface area contributed by atoms with Crippen LogP contribution in [0.15, 0.2) is 66.7 Å². The highest BCUT2D eigenvalue weighted by Crippen LogP contribution is 2.39. The Bertz CT molecular complexity index is 1870. The number of hydrogen-bond donors (Lipinski definition) is 0. The molecule has 0 saturated carbocycles. The van der Waals surface area contributed by atoms with Crippen molar-refractivity contribution in [3.8, 4) is 18.2 Å². The number of rotatable bonds is 0. The van der Waals surface area contributed by atoms with Crippen molar-refractivity contribution in [3.05, 3.63) is 83.4 Å². The fourth-order valence-corrected chi connectivity index (χ4v) is 4.59. The lowest BCUT2D eigenvalue weighted by atomic mass is 9.92. The molecule has 6 aromatic rings. The van der Waals surface area contributed by atoms with Crippen molar-refractivity contribution >= 4 is 49.1 Å². The number of nitrogens with zero attached hydrogens (tertiary/aromatic N) is 5. The predicted molar refractivity (Wildman–Crippen MR) is 119 cm³/mol. The van der Waals surface area contributed by atoms with Crippen molar-refractivity contribution in [3.63, 3.8) is 0 Å². The Balaban J connectivity index is 2.10. The van der Waals surface area contributed by atoms with Crippen LogP contribution in [0.2, 0.25) is 0 Å². The zero-order valence-electron chi connectivity index (χ0n) is 16.1. The van der Waals surface area contributed by atoms with Crippen LogP contribution in [0.3, 0.4) is 0 Å². The van der Waals surface area contributed by atoms with Crippen LogP contribution in [0.4, 0.5) is 0 Å². The maximum atomic E-state index is 10.1. The fraction of sp³-hybridized carbons (Fsp3) is 0. The Morgan fingerprint density at radius 3 is 2.26 bits per heavy atom. The summed E-state index contributed by atoms with van der Waals surface area (Å²) in [5, 5.41) is 34.0. The van der Waals surface area contributed by atoms with Crippen LogP contribution < -0.4 is 0 Å². The highest BCUT2D eigenvalue weighted by atomic mass is 15.0. The molecule has 0 radical (unpaired) electrons. The normalized spacial score (nSPS) is 11.1. The minimum absolute atomic E-state index is 0.107. The molecule has 0 saturated heterocycles. The van der Waals surface area contributed by atoms with Gasteiger partial charge in [0, 0.05) is 16.2 Å². The lowest BCUT2D eigenvalue weighted by Crippen LogP contribution is -1.99. The fourth-order valence-electron chi connectivity index (χ4n) is 4.59. The number of imidazole rings is 1.